The van der Waals surface area contributed by atoms with Gasteiger partial charge in [-0.2, -0.15) is 0 Å². The number of rotatable bonds is 3. The SMILES string of the molecule is Cc1nc(C2(C(N)=O)NCN=C2C(N)=O)[nH]c1C. The Morgan fingerprint density at radius 2 is 2.00 bits per heavy atom. The van der Waals surface area contributed by atoms with E-state index in [0.29, 0.717) is 5.69 Å². The molecule has 8 nitrogen and oxygen atoms in total. The van der Waals surface area contributed by atoms with Crippen molar-refractivity contribution in [2.24, 2.45) is 16.5 Å². The van der Waals surface area contributed by atoms with E-state index >= 15 is 0 Å². The lowest BCUT2D eigenvalue weighted by molar-refractivity contribution is -0.123. The molecule has 0 fully saturated rings. The number of aromatic nitrogens is 2. The maximum Gasteiger partial charge on any atom is 0.265 e. The van der Waals surface area contributed by atoms with E-state index in [2.05, 4.69) is 20.3 Å². The number of hydrogen-bond acceptors (Lipinski definition) is 5. The average molecular weight is 250 g/mol. The molecular formula is C10H14N6O2. The summed E-state index contributed by atoms with van der Waals surface area (Å²) in [5, 5.41) is 2.78. The van der Waals surface area contributed by atoms with Crippen LogP contribution in [0.25, 0.3) is 0 Å². The third kappa shape index (κ3) is 1.50. The summed E-state index contributed by atoms with van der Waals surface area (Å²) in [6.45, 7) is 3.66. The number of primary amides is 2. The maximum absolute atomic E-state index is 11.8. The third-order valence-electron chi connectivity index (χ3n) is 3.02. The van der Waals surface area contributed by atoms with Crippen molar-refractivity contribution < 1.29 is 9.59 Å². The Morgan fingerprint density at radius 3 is 2.44 bits per heavy atom. The van der Waals surface area contributed by atoms with Crippen LogP contribution in [-0.4, -0.2) is 34.2 Å². The molecule has 2 rings (SSSR count). The molecule has 0 aromatic carbocycles. The minimum Gasteiger partial charge on any atom is -0.367 e. The molecule has 1 aromatic rings. The summed E-state index contributed by atoms with van der Waals surface area (Å²) in [6.07, 6.45) is 0. The fourth-order valence-corrected chi connectivity index (χ4v) is 1.94. The summed E-state index contributed by atoms with van der Waals surface area (Å²) in [7, 11) is 0. The molecule has 6 N–H and O–H groups in total. The van der Waals surface area contributed by atoms with Crippen molar-refractivity contribution in [2.75, 3.05) is 6.67 Å². The van der Waals surface area contributed by atoms with Crippen LogP contribution in [0.4, 0.5) is 0 Å². The van der Waals surface area contributed by atoms with Crippen molar-refractivity contribution >= 4 is 17.5 Å². The third-order valence-corrected chi connectivity index (χ3v) is 3.02. The van der Waals surface area contributed by atoms with Gasteiger partial charge in [0, 0.05) is 5.69 Å². The number of carbonyl (C=O) groups excluding carboxylic acids is 2. The van der Waals surface area contributed by atoms with Crippen molar-refractivity contribution in [3.8, 4) is 0 Å². The first kappa shape index (κ1) is 12.2. The maximum atomic E-state index is 11.8. The summed E-state index contributed by atoms with van der Waals surface area (Å²) >= 11 is 0. The monoisotopic (exact) mass is 250 g/mol. The van der Waals surface area contributed by atoms with Gasteiger partial charge in [-0.25, -0.2) is 4.98 Å². The molecule has 18 heavy (non-hydrogen) atoms. The van der Waals surface area contributed by atoms with E-state index in [1.807, 2.05) is 0 Å². The molecule has 0 saturated heterocycles. The van der Waals surface area contributed by atoms with Crippen molar-refractivity contribution in [3.05, 3.63) is 17.2 Å². The zero-order chi connectivity index (χ0) is 13.5. The smallest absolute Gasteiger partial charge is 0.265 e. The average Bonchev–Trinajstić information content (AvgIpc) is 2.84. The second-order valence-electron chi connectivity index (χ2n) is 4.12. The minimum absolute atomic E-state index is 0.0833. The van der Waals surface area contributed by atoms with Gasteiger partial charge in [0.15, 0.2) is 0 Å². The predicted molar refractivity (Wildman–Crippen MR) is 63.6 cm³/mol. The van der Waals surface area contributed by atoms with E-state index in [1.165, 1.54) is 0 Å². The molecule has 0 saturated carbocycles. The number of amides is 2. The number of imidazole rings is 1. The van der Waals surface area contributed by atoms with Gasteiger partial charge in [0.05, 0.1) is 12.4 Å². The van der Waals surface area contributed by atoms with Gasteiger partial charge < -0.3 is 16.5 Å². The topological polar surface area (TPSA) is 139 Å². The molecule has 1 unspecified atom stereocenters. The van der Waals surface area contributed by atoms with Gasteiger partial charge in [0.2, 0.25) is 5.54 Å². The summed E-state index contributed by atoms with van der Waals surface area (Å²) < 4.78 is 0. The summed E-state index contributed by atoms with van der Waals surface area (Å²) in [4.78, 5) is 34.2. The van der Waals surface area contributed by atoms with Gasteiger partial charge in [-0.1, -0.05) is 0 Å². The molecular weight excluding hydrogens is 236 g/mol. The molecule has 1 aliphatic rings. The molecule has 96 valence electrons. The van der Waals surface area contributed by atoms with Crippen LogP contribution in [0.5, 0.6) is 0 Å². The van der Waals surface area contributed by atoms with Gasteiger partial charge in [0.25, 0.3) is 11.8 Å². The predicted octanol–water partition coefficient (Wildman–Crippen LogP) is -1.81. The Bertz CT molecular complexity index is 541. The number of carbonyl (C=O) groups is 2. The van der Waals surface area contributed by atoms with Crippen molar-refractivity contribution in [1.82, 2.24) is 15.3 Å². The molecule has 0 aliphatic carbocycles. The first-order valence-electron chi connectivity index (χ1n) is 5.33. The van der Waals surface area contributed by atoms with E-state index in [0.717, 1.165) is 5.69 Å². The number of aliphatic imine (C=N–C) groups is 1. The van der Waals surface area contributed by atoms with Crippen LogP contribution in [0.1, 0.15) is 17.2 Å². The van der Waals surface area contributed by atoms with Crippen LogP contribution in [-0.2, 0) is 15.1 Å². The number of aromatic amines is 1. The first-order chi connectivity index (χ1) is 8.39. The molecule has 0 spiro atoms. The zero-order valence-electron chi connectivity index (χ0n) is 10.1. The summed E-state index contributed by atoms with van der Waals surface area (Å²) in [6, 6.07) is 0. The highest BCUT2D eigenvalue weighted by Gasteiger charge is 2.51. The lowest BCUT2D eigenvalue weighted by Crippen LogP contribution is -2.58. The lowest BCUT2D eigenvalue weighted by Gasteiger charge is -2.23. The lowest BCUT2D eigenvalue weighted by atomic mass is 9.91. The highest BCUT2D eigenvalue weighted by Crippen LogP contribution is 2.25. The first-order valence-corrected chi connectivity index (χ1v) is 5.33. The number of nitrogens with one attached hydrogen (secondary N) is 2. The molecule has 2 amide bonds. The summed E-state index contributed by atoms with van der Waals surface area (Å²) in [5.41, 5.74) is 10.4. The number of nitrogens with zero attached hydrogens (tertiary/aromatic N) is 2. The van der Waals surface area contributed by atoms with Crippen molar-refractivity contribution in [2.45, 2.75) is 19.4 Å². The Balaban J connectivity index is 2.62. The minimum atomic E-state index is -1.56. The van der Waals surface area contributed by atoms with Crippen molar-refractivity contribution in [1.29, 1.82) is 0 Å². The summed E-state index contributed by atoms with van der Waals surface area (Å²) in [5.74, 6) is -1.34. The fraction of sp³-hybridized carbons (Fsp3) is 0.400. The van der Waals surface area contributed by atoms with Gasteiger partial charge in [-0.15, -0.1) is 0 Å². The Morgan fingerprint density at radius 1 is 1.33 bits per heavy atom. The van der Waals surface area contributed by atoms with Gasteiger partial charge in [-0.05, 0) is 13.8 Å². The Kier molecular flexibility index (Phi) is 2.66. The standard InChI is InChI=1S/C10H14N6O2/c1-4-5(2)16-9(15-4)10(8(12)18)6(7(11)17)13-3-14-10/h14H,3H2,1-2H3,(H2,11,17)(H2,12,18)(H,15,16). The van der Waals surface area contributed by atoms with Crippen molar-refractivity contribution in [3.63, 3.8) is 0 Å². The number of nitrogens with two attached hydrogens (primary N) is 2. The second-order valence-corrected chi connectivity index (χ2v) is 4.12. The van der Waals surface area contributed by atoms with Crippen LogP contribution in [0.3, 0.4) is 0 Å². The molecule has 0 bridgehead atoms. The zero-order valence-corrected chi connectivity index (χ0v) is 10.1. The number of aryl methyl sites for hydroxylation is 2. The van der Waals surface area contributed by atoms with Gasteiger partial charge >= 0.3 is 0 Å². The molecule has 1 atom stereocenters. The van der Waals surface area contributed by atoms with E-state index in [-0.39, 0.29) is 18.2 Å². The second kappa shape index (κ2) is 3.91. The Hall–Kier alpha value is -2.22. The molecule has 1 aliphatic heterocycles. The van der Waals surface area contributed by atoms with E-state index in [4.69, 9.17) is 11.5 Å². The number of H-pyrrole nitrogens is 1. The van der Waals surface area contributed by atoms with Crippen LogP contribution < -0.4 is 16.8 Å². The van der Waals surface area contributed by atoms with Gasteiger partial charge in [-0.3, -0.25) is 19.9 Å². The number of hydrogen-bond donors (Lipinski definition) is 4. The van der Waals surface area contributed by atoms with E-state index < -0.39 is 17.4 Å². The van der Waals surface area contributed by atoms with Crippen LogP contribution in [0, 0.1) is 13.8 Å². The molecule has 0 radical (unpaired) electrons. The Labute approximate surface area is 103 Å². The van der Waals surface area contributed by atoms with Crippen LogP contribution in [0.2, 0.25) is 0 Å². The fourth-order valence-electron chi connectivity index (χ4n) is 1.94. The quantitative estimate of drug-likeness (QED) is 0.502. The van der Waals surface area contributed by atoms with E-state index in [9.17, 15) is 9.59 Å². The molecule has 2 heterocycles. The molecule has 8 heteroatoms. The largest absolute Gasteiger partial charge is 0.367 e. The highest BCUT2D eigenvalue weighted by atomic mass is 16.2. The van der Waals surface area contributed by atoms with Gasteiger partial charge in [0.1, 0.15) is 11.5 Å². The van der Waals surface area contributed by atoms with Crippen LogP contribution in [0.15, 0.2) is 4.99 Å². The molecule has 1 aromatic heterocycles. The van der Waals surface area contributed by atoms with E-state index in [1.54, 1.807) is 13.8 Å². The van der Waals surface area contributed by atoms with Crippen LogP contribution >= 0.6 is 0 Å². The highest BCUT2D eigenvalue weighted by molar-refractivity contribution is 6.46. The normalized spacial score (nSPS) is 22.9.